The van der Waals surface area contributed by atoms with Crippen LogP contribution in [0.5, 0.6) is 11.5 Å². The van der Waals surface area contributed by atoms with Crippen molar-refractivity contribution in [2.24, 2.45) is 0 Å². The zero-order valence-electron chi connectivity index (χ0n) is 20.7. The van der Waals surface area contributed by atoms with Crippen molar-refractivity contribution in [3.63, 3.8) is 0 Å². The molecule has 0 bridgehead atoms. The van der Waals surface area contributed by atoms with Gasteiger partial charge in [0.25, 0.3) is 0 Å². The molecule has 1 unspecified atom stereocenters. The van der Waals surface area contributed by atoms with Gasteiger partial charge in [-0.3, -0.25) is 9.36 Å². The Morgan fingerprint density at radius 1 is 1.00 bits per heavy atom. The second-order valence-corrected chi connectivity index (χ2v) is 10.2. The number of rotatable bonds is 10. The molecule has 1 aliphatic carbocycles. The van der Waals surface area contributed by atoms with Crippen molar-refractivity contribution in [3.05, 3.63) is 54.1 Å². The number of amides is 1. The normalized spacial score (nSPS) is 14.9. The smallest absolute Gasteiger partial charge is 0.233 e. The minimum absolute atomic E-state index is 0.00713. The van der Waals surface area contributed by atoms with E-state index in [1.54, 1.807) is 14.2 Å². The first-order valence-corrected chi connectivity index (χ1v) is 13.1. The van der Waals surface area contributed by atoms with Crippen LogP contribution in [0.1, 0.15) is 50.6 Å². The lowest BCUT2D eigenvalue weighted by atomic mass is 9.95. The number of nitrogens with zero attached hydrogens (tertiary/aromatic N) is 3. The van der Waals surface area contributed by atoms with Crippen LogP contribution in [0.2, 0.25) is 0 Å². The van der Waals surface area contributed by atoms with E-state index in [2.05, 4.69) is 20.1 Å². The highest BCUT2D eigenvalue weighted by Crippen LogP contribution is 2.37. The number of ether oxygens (including phenoxy) is 2. The number of hydrogen-bond acceptors (Lipinski definition) is 6. The number of carbonyl (C=O) groups excluding carboxylic acids is 1. The Morgan fingerprint density at radius 3 is 2.26 bits per heavy atom. The minimum atomic E-state index is -0.277. The first-order valence-electron chi connectivity index (χ1n) is 12.3. The van der Waals surface area contributed by atoms with E-state index < -0.39 is 0 Å². The standard InChI is InChI=1S/C27H34N4O3S/c1-19(26(32)28-18-17-20-9-13-23(33-2)14-10-20)35-27-30-29-25(21-11-15-24(34-3)16-12-21)31(27)22-7-5-4-6-8-22/h9-16,19,22H,4-8,17-18H2,1-3H3,(H,28,32). The SMILES string of the molecule is COc1ccc(CCNC(=O)C(C)Sc2nnc(-c3ccc(OC)cc3)n2C2CCCCC2)cc1. The van der Waals surface area contributed by atoms with E-state index in [4.69, 9.17) is 9.47 Å². The number of methoxy groups -OCH3 is 2. The van der Waals surface area contributed by atoms with Crippen molar-refractivity contribution in [1.29, 1.82) is 0 Å². The van der Waals surface area contributed by atoms with Gasteiger partial charge in [-0.25, -0.2) is 0 Å². The first kappa shape index (κ1) is 25.1. The maximum atomic E-state index is 12.8. The molecule has 0 spiro atoms. The van der Waals surface area contributed by atoms with E-state index in [1.165, 1.54) is 31.0 Å². The average molecular weight is 495 g/mol. The zero-order chi connectivity index (χ0) is 24.6. The van der Waals surface area contributed by atoms with E-state index >= 15 is 0 Å². The molecule has 0 radical (unpaired) electrons. The van der Waals surface area contributed by atoms with Crippen molar-refractivity contribution in [2.75, 3.05) is 20.8 Å². The molecular formula is C27H34N4O3S. The van der Waals surface area contributed by atoms with Gasteiger partial charge in [0.2, 0.25) is 5.91 Å². The summed E-state index contributed by atoms with van der Waals surface area (Å²) in [5, 5.41) is 12.7. The summed E-state index contributed by atoms with van der Waals surface area (Å²) in [6, 6.07) is 16.2. The lowest BCUT2D eigenvalue weighted by Crippen LogP contribution is -2.32. The molecule has 8 heteroatoms. The highest BCUT2D eigenvalue weighted by molar-refractivity contribution is 8.00. The molecule has 1 N–H and O–H groups in total. The van der Waals surface area contributed by atoms with Crippen molar-refractivity contribution in [1.82, 2.24) is 20.1 Å². The van der Waals surface area contributed by atoms with E-state index in [0.29, 0.717) is 12.6 Å². The Morgan fingerprint density at radius 2 is 1.63 bits per heavy atom. The molecule has 3 aromatic rings. The van der Waals surface area contributed by atoms with Gasteiger partial charge >= 0.3 is 0 Å². The molecule has 1 atom stereocenters. The first-order chi connectivity index (χ1) is 17.1. The van der Waals surface area contributed by atoms with Crippen LogP contribution in [0, 0.1) is 0 Å². The highest BCUT2D eigenvalue weighted by atomic mass is 32.2. The fraction of sp³-hybridized carbons (Fsp3) is 0.444. The van der Waals surface area contributed by atoms with E-state index in [0.717, 1.165) is 52.9 Å². The molecule has 4 rings (SSSR count). The quantitative estimate of drug-likeness (QED) is 0.385. The Balaban J connectivity index is 1.43. The highest BCUT2D eigenvalue weighted by Gasteiger charge is 2.26. The number of aromatic nitrogens is 3. The minimum Gasteiger partial charge on any atom is -0.497 e. The molecule has 1 aromatic heterocycles. The summed E-state index contributed by atoms with van der Waals surface area (Å²) in [5.41, 5.74) is 2.17. The molecule has 1 amide bonds. The number of thioether (sulfide) groups is 1. The zero-order valence-corrected chi connectivity index (χ0v) is 21.5. The van der Waals surface area contributed by atoms with Crippen molar-refractivity contribution in [2.45, 2.75) is 61.9 Å². The van der Waals surface area contributed by atoms with E-state index in [9.17, 15) is 4.79 Å². The van der Waals surface area contributed by atoms with Gasteiger partial charge in [0.1, 0.15) is 11.5 Å². The molecule has 1 aliphatic rings. The summed E-state index contributed by atoms with van der Waals surface area (Å²) in [5.74, 6) is 2.51. The van der Waals surface area contributed by atoms with Gasteiger partial charge in [0.05, 0.1) is 19.5 Å². The van der Waals surface area contributed by atoms with Gasteiger partial charge in [-0.05, 0) is 68.1 Å². The maximum absolute atomic E-state index is 12.8. The van der Waals surface area contributed by atoms with Gasteiger partial charge in [-0.2, -0.15) is 0 Å². The summed E-state index contributed by atoms with van der Waals surface area (Å²) in [6.45, 7) is 2.52. The van der Waals surface area contributed by atoms with Crippen LogP contribution in [0.4, 0.5) is 0 Å². The molecule has 1 saturated carbocycles. The number of carbonyl (C=O) groups is 1. The Kier molecular flexibility index (Phi) is 8.69. The van der Waals surface area contributed by atoms with Crippen LogP contribution in [-0.2, 0) is 11.2 Å². The summed E-state index contributed by atoms with van der Waals surface area (Å²) < 4.78 is 12.8. The summed E-state index contributed by atoms with van der Waals surface area (Å²) >= 11 is 1.48. The van der Waals surface area contributed by atoms with Crippen LogP contribution in [0.25, 0.3) is 11.4 Å². The average Bonchev–Trinajstić information content (AvgIpc) is 3.32. The fourth-order valence-electron chi connectivity index (χ4n) is 4.44. The topological polar surface area (TPSA) is 78.3 Å². The van der Waals surface area contributed by atoms with Gasteiger partial charge in [0.15, 0.2) is 11.0 Å². The number of hydrogen-bond donors (Lipinski definition) is 1. The second kappa shape index (κ2) is 12.1. The molecule has 1 fully saturated rings. The molecule has 1 heterocycles. The summed E-state index contributed by atoms with van der Waals surface area (Å²) in [4.78, 5) is 12.8. The van der Waals surface area contributed by atoms with Gasteiger partial charge in [-0.1, -0.05) is 43.2 Å². The predicted octanol–water partition coefficient (Wildman–Crippen LogP) is 5.31. The lowest BCUT2D eigenvalue weighted by Gasteiger charge is -2.26. The second-order valence-electron chi connectivity index (χ2n) is 8.85. The van der Waals surface area contributed by atoms with Crippen molar-refractivity contribution in [3.8, 4) is 22.9 Å². The Hall–Kier alpha value is -3.00. The molecule has 2 aromatic carbocycles. The van der Waals surface area contributed by atoms with Crippen molar-refractivity contribution < 1.29 is 14.3 Å². The van der Waals surface area contributed by atoms with Crippen LogP contribution in [0.3, 0.4) is 0 Å². The number of nitrogens with one attached hydrogen (secondary N) is 1. The maximum Gasteiger partial charge on any atom is 0.233 e. The molecule has 186 valence electrons. The molecule has 0 aliphatic heterocycles. The Labute approximate surface area is 211 Å². The van der Waals surface area contributed by atoms with E-state index in [1.807, 2.05) is 55.5 Å². The predicted molar refractivity (Wildman–Crippen MR) is 139 cm³/mol. The van der Waals surface area contributed by atoms with Crippen LogP contribution >= 0.6 is 11.8 Å². The Bertz CT molecular complexity index is 1090. The van der Waals surface area contributed by atoms with Crippen molar-refractivity contribution >= 4 is 17.7 Å². The fourth-order valence-corrected chi connectivity index (χ4v) is 5.38. The molecule has 7 nitrogen and oxygen atoms in total. The summed E-state index contributed by atoms with van der Waals surface area (Å²) in [7, 11) is 3.32. The lowest BCUT2D eigenvalue weighted by molar-refractivity contribution is -0.120. The molecule has 35 heavy (non-hydrogen) atoms. The van der Waals surface area contributed by atoms with Crippen LogP contribution in [-0.4, -0.2) is 46.7 Å². The monoisotopic (exact) mass is 494 g/mol. The van der Waals surface area contributed by atoms with Gasteiger partial charge in [-0.15, -0.1) is 10.2 Å². The van der Waals surface area contributed by atoms with Gasteiger partial charge in [0, 0.05) is 18.2 Å². The molecule has 0 saturated heterocycles. The third-order valence-electron chi connectivity index (χ3n) is 6.48. The van der Waals surface area contributed by atoms with E-state index in [-0.39, 0.29) is 11.2 Å². The number of benzene rings is 2. The third-order valence-corrected chi connectivity index (χ3v) is 7.53. The van der Waals surface area contributed by atoms with Crippen LogP contribution in [0.15, 0.2) is 53.7 Å². The largest absolute Gasteiger partial charge is 0.497 e. The van der Waals surface area contributed by atoms with Gasteiger partial charge < -0.3 is 14.8 Å². The third kappa shape index (κ3) is 6.36. The van der Waals surface area contributed by atoms with Crippen LogP contribution < -0.4 is 14.8 Å². The summed E-state index contributed by atoms with van der Waals surface area (Å²) in [6.07, 6.45) is 6.67. The molecular weight excluding hydrogens is 460 g/mol.